The van der Waals surface area contributed by atoms with Crippen LogP contribution in [0.2, 0.25) is 0 Å². The Morgan fingerprint density at radius 1 is 0.286 bits per heavy atom. The van der Waals surface area contributed by atoms with E-state index in [4.69, 9.17) is 5.73 Å². The summed E-state index contributed by atoms with van der Waals surface area (Å²) in [4.78, 5) is 0. The fourth-order valence-corrected chi connectivity index (χ4v) is 5.77. The minimum atomic E-state index is 0.802. The third-order valence-electron chi connectivity index (χ3n) is 7.55. The second-order valence-corrected chi connectivity index (χ2v) is 9.76. The Bertz CT molecular complexity index is 2170. The Labute approximate surface area is 202 Å². The largest absolute Gasteiger partial charge is 0.399 e. The predicted octanol–water partition coefficient (Wildman–Crippen LogP) is 9.34. The first kappa shape index (κ1) is 18.8. The zero-order valence-electron chi connectivity index (χ0n) is 19.0. The van der Waals surface area contributed by atoms with E-state index in [-0.39, 0.29) is 0 Å². The molecule has 0 radical (unpaired) electrons. The van der Waals surface area contributed by atoms with Gasteiger partial charge in [0.05, 0.1) is 0 Å². The van der Waals surface area contributed by atoms with Gasteiger partial charge in [-0.05, 0) is 148 Å². The smallest absolute Gasteiger partial charge is 0.0320 e. The highest BCUT2D eigenvalue weighted by atomic mass is 14.5. The number of nitrogen functional groups attached to an aromatic ring is 1. The minimum absolute atomic E-state index is 0.802. The summed E-state index contributed by atoms with van der Waals surface area (Å²) in [7, 11) is 0. The van der Waals surface area contributed by atoms with Gasteiger partial charge in [0.2, 0.25) is 0 Å². The lowest BCUT2D eigenvalue weighted by atomic mass is 9.93. The van der Waals surface area contributed by atoms with Gasteiger partial charge in [-0.3, -0.25) is 0 Å². The van der Waals surface area contributed by atoms with E-state index < -0.39 is 0 Å². The molecule has 8 rings (SSSR count). The average Bonchev–Trinajstić information content (AvgIpc) is 2.87. The van der Waals surface area contributed by atoms with Crippen molar-refractivity contribution >= 4 is 81.1 Å². The highest BCUT2D eigenvalue weighted by Gasteiger charge is 2.08. The summed E-state index contributed by atoms with van der Waals surface area (Å²) in [5.41, 5.74) is 6.83. The number of benzene rings is 8. The molecule has 0 aliphatic rings. The molecule has 0 saturated heterocycles. The monoisotopic (exact) mass is 443 g/mol. The number of anilines is 1. The number of hydrogen-bond donors (Lipinski definition) is 1. The Hall–Kier alpha value is -4.62. The van der Waals surface area contributed by atoms with Crippen molar-refractivity contribution in [3.63, 3.8) is 0 Å². The normalized spacial score (nSPS) is 12.1. The van der Waals surface area contributed by atoms with Crippen LogP contribution in [0.4, 0.5) is 5.69 Å². The van der Waals surface area contributed by atoms with Gasteiger partial charge in [0.25, 0.3) is 0 Å². The van der Waals surface area contributed by atoms with Crippen molar-refractivity contribution in [3.8, 4) is 0 Å². The standard InChI is InChI=1S/C34H21N/c35-32-8-7-22-11-30-18-33-24(13-28(30)15-29(22)17-32)6-5-23-12-27-14-25-9-20-3-1-2-4-21(20)10-26(25)16-31(27)19-34(23)33/h1-19H,35H2. The zero-order valence-corrected chi connectivity index (χ0v) is 19.0. The van der Waals surface area contributed by atoms with Crippen molar-refractivity contribution in [1.82, 2.24) is 0 Å². The minimum Gasteiger partial charge on any atom is -0.399 e. The first-order chi connectivity index (χ1) is 17.2. The fraction of sp³-hybridized carbons (Fsp3) is 0. The topological polar surface area (TPSA) is 26.0 Å². The van der Waals surface area contributed by atoms with Crippen LogP contribution >= 0.6 is 0 Å². The van der Waals surface area contributed by atoms with Crippen LogP contribution in [0.15, 0.2) is 115 Å². The molecule has 0 aliphatic heterocycles. The average molecular weight is 444 g/mol. The number of fused-ring (bicyclic) bond motifs is 8. The maximum atomic E-state index is 6.03. The van der Waals surface area contributed by atoms with E-state index in [1.165, 1.54) is 75.4 Å². The Balaban J connectivity index is 1.43. The zero-order chi connectivity index (χ0) is 23.1. The summed E-state index contributed by atoms with van der Waals surface area (Å²) < 4.78 is 0. The molecule has 0 aromatic heterocycles. The highest BCUT2D eigenvalue weighted by molar-refractivity contribution is 6.17. The summed E-state index contributed by atoms with van der Waals surface area (Å²) in [5, 5.41) is 17.7. The van der Waals surface area contributed by atoms with Gasteiger partial charge in [-0.1, -0.05) is 42.5 Å². The summed E-state index contributed by atoms with van der Waals surface area (Å²) in [6, 6.07) is 42.4. The van der Waals surface area contributed by atoms with Crippen LogP contribution in [0, 0.1) is 0 Å². The molecule has 0 fully saturated rings. The van der Waals surface area contributed by atoms with E-state index in [0.717, 1.165) is 5.69 Å². The molecule has 0 aliphatic carbocycles. The van der Waals surface area contributed by atoms with E-state index >= 15 is 0 Å². The Kier molecular flexibility index (Phi) is 3.60. The van der Waals surface area contributed by atoms with Crippen LogP contribution in [0.1, 0.15) is 0 Å². The summed E-state index contributed by atoms with van der Waals surface area (Å²) >= 11 is 0. The molecular weight excluding hydrogens is 422 g/mol. The molecule has 0 spiro atoms. The van der Waals surface area contributed by atoms with Crippen molar-refractivity contribution in [2.75, 3.05) is 5.73 Å². The van der Waals surface area contributed by atoms with Crippen molar-refractivity contribution in [2.45, 2.75) is 0 Å². The second-order valence-electron chi connectivity index (χ2n) is 9.76. The van der Waals surface area contributed by atoms with Crippen LogP contribution in [0.25, 0.3) is 75.4 Å². The lowest BCUT2D eigenvalue weighted by Gasteiger charge is -2.11. The SMILES string of the molecule is Nc1ccc2cc3cc4c(ccc5cc6cc7cc8ccccc8cc7cc6cc54)cc3cc2c1. The van der Waals surface area contributed by atoms with Gasteiger partial charge in [0.1, 0.15) is 0 Å². The van der Waals surface area contributed by atoms with Gasteiger partial charge < -0.3 is 5.73 Å². The molecule has 0 bridgehead atoms. The van der Waals surface area contributed by atoms with Gasteiger partial charge in [-0.25, -0.2) is 0 Å². The third-order valence-corrected chi connectivity index (χ3v) is 7.55. The van der Waals surface area contributed by atoms with Gasteiger partial charge in [0, 0.05) is 5.69 Å². The van der Waals surface area contributed by atoms with Crippen LogP contribution in [-0.2, 0) is 0 Å². The van der Waals surface area contributed by atoms with Gasteiger partial charge in [-0.2, -0.15) is 0 Å². The summed E-state index contributed by atoms with van der Waals surface area (Å²) in [6.45, 7) is 0. The molecule has 2 N–H and O–H groups in total. The molecule has 35 heavy (non-hydrogen) atoms. The van der Waals surface area contributed by atoms with Crippen molar-refractivity contribution in [2.24, 2.45) is 0 Å². The van der Waals surface area contributed by atoms with Crippen molar-refractivity contribution < 1.29 is 0 Å². The van der Waals surface area contributed by atoms with Gasteiger partial charge >= 0.3 is 0 Å². The number of hydrogen-bond acceptors (Lipinski definition) is 1. The molecule has 0 atom stereocenters. The van der Waals surface area contributed by atoms with E-state index in [1.807, 2.05) is 6.07 Å². The molecule has 8 aromatic rings. The molecule has 0 amide bonds. The van der Waals surface area contributed by atoms with E-state index in [2.05, 4.69) is 109 Å². The molecule has 162 valence electrons. The number of nitrogens with two attached hydrogens (primary N) is 1. The van der Waals surface area contributed by atoms with Gasteiger partial charge in [-0.15, -0.1) is 0 Å². The van der Waals surface area contributed by atoms with Gasteiger partial charge in [0.15, 0.2) is 0 Å². The molecule has 0 heterocycles. The third kappa shape index (κ3) is 2.82. The first-order valence-corrected chi connectivity index (χ1v) is 12.0. The molecule has 1 heteroatoms. The maximum Gasteiger partial charge on any atom is 0.0320 e. The summed E-state index contributed by atoms with van der Waals surface area (Å²) in [5.74, 6) is 0. The molecule has 1 nitrogen and oxygen atoms in total. The van der Waals surface area contributed by atoms with Crippen molar-refractivity contribution in [3.05, 3.63) is 115 Å². The molecule has 0 saturated carbocycles. The van der Waals surface area contributed by atoms with Crippen LogP contribution in [0.5, 0.6) is 0 Å². The summed E-state index contributed by atoms with van der Waals surface area (Å²) in [6.07, 6.45) is 0. The number of rotatable bonds is 0. The van der Waals surface area contributed by atoms with Crippen LogP contribution < -0.4 is 5.73 Å². The van der Waals surface area contributed by atoms with Crippen LogP contribution in [-0.4, -0.2) is 0 Å². The highest BCUT2D eigenvalue weighted by Crippen LogP contribution is 2.35. The fourth-order valence-electron chi connectivity index (χ4n) is 5.77. The van der Waals surface area contributed by atoms with E-state index in [9.17, 15) is 0 Å². The molecule has 0 unspecified atom stereocenters. The molecular formula is C34H21N. The van der Waals surface area contributed by atoms with E-state index in [1.54, 1.807) is 0 Å². The Morgan fingerprint density at radius 3 is 1.14 bits per heavy atom. The predicted molar refractivity (Wildman–Crippen MR) is 153 cm³/mol. The lowest BCUT2D eigenvalue weighted by Crippen LogP contribution is -1.85. The van der Waals surface area contributed by atoms with E-state index in [0.29, 0.717) is 0 Å². The molecule has 8 aromatic carbocycles. The second kappa shape index (κ2) is 6.71. The first-order valence-electron chi connectivity index (χ1n) is 12.0. The van der Waals surface area contributed by atoms with Crippen molar-refractivity contribution in [1.29, 1.82) is 0 Å². The van der Waals surface area contributed by atoms with Crippen LogP contribution in [0.3, 0.4) is 0 Å². The maximum absolute atomic E-state index is 6.03. The quantitative estimate of drug-likeness (QED) is 0.141. The lowest BCUT2D eigenvalue weighted by molar-refractivity contribution is 1.75. The Morgan fingerprint density at radius 2 is 0.629 bits per heavy atom.